The van der Waals surface area contributed by atoms with Gasteiger partial charge < -0.3 is 14.8 Å². The normalized spacial score (nSPS) is 16.1. The molecule has 1 aromatic heterocycles. The van der Waals surface area contributed by atoms with E-state index in [1.54, 1.807) is 25.6 Å². The van der Waals surface area contributed by atoms with Gasteiger partial charge in [0.25, 0.3) is 0 Å². The lowest BCUT2D eigenvalue weighted by atomic mass is 9.74. The third kappa shape index (κ3) is 4.70. The molecule has 1 saturated heterocycles. The molecule has 0 saturated carbocycles. The van der Waals surface area contributed by atoms with Gasteiger partial charge >= 0.3 is 0 Å². The van der Waals surface area contributed by atoms with Gasteiger partial charge in [-0.1, -0.05) is 18.2 Å². The van der Waals surface area contributed by atoms with Crippen molar-refractivity contribution in [1.82, 2.24) is 10.3 Å². The first-order valence-corrected chi connectivity index (χ1v) is 9.18. The van der Waals surface area contributed by atoms with Gasteiger partial charge in [-0.05, 0) is 42.5 Å². The molecular formula is C21H25FN2O3. The summed E-state index contributed by atoms with van der Waals surface area (Å²) in [5, 5.41) is 2.92. The second kappa shape index (κ2) is 9.06. The van der Waals surface area contributed by atoms with E-state index >= 15 is 0 Å². The highest BCUT2D eigenvalue weighted by Gasteiger charge is 2.40. The summed E-state index contributed by atoms with van der Waals surface area (Å²) in [6.07, 6.45) is 4.91. The Morgan fingerprint density at radius 2 is 2.11 bits per heavy atom. The van der Waals surface area contributed by atoms with Gasteiger partial charge in [0.05, 0.1) is 12.0 Å². The van der Waals surface area contributed by atoms with E-state index in [0.717, 1.165) is 11.1 Å². The highest BCUT2D eigenvalue weighted by atomic mass is 19.1. The van der Waals surface area contributed by atoms with Crippen LogP contribution in [0.3, 0.4) is 0 Å². The Balaban J connectivity index is 1.80. The predicted octanol–water partition coefficient (Wildman–Crippen LogP) is 2.99. The van der Waals surface area contributed by atoms with Gasteiger partial charge in [-0.2, -0.15) is 0 Å². The fourth-order valence-electron chi connectivity index (χ4n) is 3.47. The smallest absolute Gasteiger partial charge is 0.226 e. The maximum atomic E-state index is 14.8. The van der Waals surface area contributed by atoms with E-state index in [4.69, 9.17) is 9.47 Å². The Hall–Kier alpha value is -2.31. The van der Waals surface area contributed by atoms with Crippen LogP contribution in [0.1, 0.15) is 18.4 Å². The van der Waals surface area contributed by atoms with Crippen LogP contribution in [0.5, 0.6) is 0 Å². The Bertz CT molecular complexity index is 761. The number of carbonyl (C=O) groups excluding carboxylic acids is 1. The molecule has 1 amide bonds. The molecule has 5 nitrogen and oxygen atoms in total. The molecule has 0 radical (unpaired) electrons. The summed E-state index contributed by atoms with van der Waals surface area (Å²) in [5.74, 6) is -0.356. The first-order chi connectivity index (χ1) is 13.1. The molecule has 0 spiro atoms. The maximum Gasteiger partial charge on any atom is 0.226 e. The number of halogens is 1. The molecule has 0 aliphatic carbocycles. The van der Waals surface area contributed by atoms with Gasteiger partial charge in [-0.15, -0.1) is 0 Å². The zero-order valence-corrected chi connectivity index (χ0v) is 15.5. The second-order valence-electron chi connectivity index (χ2n) is 6.87. The number of nitrogens with zero attached hydrogens (tertiary/aromatic N) is 1. The zero-order chi connectivity index (χ0) is 19.1. The number of hydrogen-bond acceptors (Lipinski definition) is 4. The molecule has 0 atom stereocenters. The van der Waals surface area contributed by atoms with Gasteiger partial charge in [0, 0.05) is 44.8 Å². The van der Waals surface area contributed by atoms with Crippen molar-refractivity contribution in [2.45, 2.75) is 19.3 Å². The molecule has 2 aromatic rings. The van der Waals surface area contributed by atoms with Crippen LogP contribution in [0.2, 0.25) is 0 Å². The Kier molecular flexibility index (Phi) is 6.53. The van der Waals surface area contributed by atoms with E-state index < -0.39 is 5.41 Å². The quantitative estimate of drug-likeness (QED) is 0.759. The van der Waals surface area contributed by atoms with E-state index in [-0.39, 0.29) is 11.7 Å². The molecular weight excluding hydrogens is 347 g/mol. The number of carbonyl (C=O) groups is 1. The van der Waals surface area contributed by atoms with E-state index in [1.165, 1.54) is 6.07 Å². The molecule has 27 heavy (non-hydrogen) atoms. The average Bonchev–Trinajstić information content (AvgIpc) is 2.71. The fraction of sp³-hybridized carbons (Fsp3) is 0.429. The van der Waals surface area contributed by atoms with E-state index in [1.807, 2.05) is 18.2 Å². The molecule has 1 aliphatic heterocycles. The standard InChI is InChI=1S/C21H25FN2O3/c1-26-12-9-24-20(25)21(6-10-27-11-7-21)14-17-5-4-16(13-19(17)22)18-3-2-8-23-15-18/h2-5,8,13,15H,6-7,9-12,14H2,1H3,(H,24,25). The third-order valence-corrected chi connectivity index (χ3v) is 5.10. The molecule has 1 N–H and O–H groups in total. The van der Waals surface area contributed by atoms with Crippen LogP contribution in [-0.4, -0.2) is 44.4 Å². The van der Waals surface area contributed by atoms with Crippen molar-refractivity contribution < 1.29 is 18.7 Å². The number of amides is 1. The number of rotatable bonds is 7. The van der Waals surface area contributed by atoms with Gasteiger partial charge in [0.15, 0.2) is 0 Å². The van der Waals surface area contributed by atoms with Crippen LogP contribution in [-0.2, 0) is 20.7 Å². The summed E-state index contributed by atoms with van der Waals surface area (Å²) in [5.41, 5.74) is 1.53. The van der Waals surface area contributed by atoms with Gasteiger partial charge in [-0.3, -0.25) is 9.78 Å². The SMILES string of the molecule is COCCNC(=O)C1(Cc2ccc(-c3cccnc3)cc2F)CCOCC1. The summed E-state index contributed by atoms with van der Waals surface area (Å²) in [7, 11) is 1.59. The number of ether oxygens (including phenoxy) is 2. The minimum atomic E-state index is -0.650. The number of methoxy groups -OCH3 is 1. The van der Waals surface area contributed by atoms with Crippen molar-refractivity contribution >= 4 is 5.91 Å². The molecule has 6 heteroatoms. The van der Waals surface area contributed by atoms with Crippen molar-refractivity contribution in [3.63, 3.8) is 0 Å². The monoisotopic (exact) mass is 372 g/mol. The van der Waals surface area contributed by atoms with Gasteiger partial charge in [0.1, 0.15) is 5.82 Å². The molecule has 3 rings (SSSR count). The number of aromatic nitrogens is 1. The minimum absolute atomic E-state index is 0.0569. The van der Waals surface area contributed by atoms with E-state index in [9.17, 15) is 9.18 Å². The number of nitrogens with one attached hydrogen (secondary N) is 1. The minimum Gasteiger partial charge on any atom is -0.383 e. The van der Waals surface area contributed by atoms with Crippen LogP contribution in [0.15, 0.2) is 42.7 Å². The lowest BCUT2D eigenvalue weighted by molar-refractivity contribution is -0.136. The van der Waals surface area contributed by atoms with Crippen molar-refractivity contribution in [3.8, 4) is 11.1 Å². The van der Waals surface area contributed by atoms with Crippen LogP contribution < -0.4 is 5.32 Å². The highest BCUT2D eigenvalue weighted by Crippen LogP contribution is 2.36. The summed E-state index contributed by atoms with van der Waals surface area (Å²) in [4.78, 5) is 16.9. The fourth-order valence-corrected chi connectivity index (χ4v) is 3.47. The largest absolute Gasteiger partial charge is 0.383 e. The third-order valence-electron chi connectivity index (χ3n) is 5.10. The maximum absolute atomic E-state index is 14.8. The first-order valence-electron chi connectivity index (χ1n) is 9.18. The summed E-state index contributed by atoms with van der Waals surface area (Å²) >= 11 is 0. The number of pyridine rings is 1. The van der Waals surface area contributed by atoms with E-state index in [0.29, 0.717) is 51.2 Å². The van der Waals surface area contributed by atoms with Crippen molar-refractivity contribution in [1.29, 1.82) is 0 Å². The molecule has 1 aromatic carbocycles. The van der Waals surface area contributed by atoms with Gasteiger partial charge in [-0.25, -0.2) is 4.39 Å². The van der Waals surface area contributed by atoms with Crippen LogP contribution in [0, 0.1) is 11.2 Å². The summed E-state index contributed by atoms with van der Waals surface area (Å²) in [6, 6.07) is 8.89. The molecule has 0 unspecified atom stereocenters. The average molecular weight is 372 g/mol. The molecule has 144 valence electrons. The molecule has 1 aliphatic rings. The summed E-state index contributed by atoms with van der Waals surface area (Å²) in [6.45, 7) is 1.91. The Morgan fingerprint density at radius 3 is 2.78 bits per heavy atom. The lowest BCUT2D eigenvalue weighted by Gasteiger charge is -2.36. The molecule has 1 fully saturated rings. The summed E-state index contributed by atoms with van der Waals surface area (Å²) < 4.78 is 25.3. The Morgan fingerprint density at radius 1 is 1.30 bits per heavy atom. The second-order valence-corrected chi connectivity index (χ2v) is 6.87. The topological polar surface area (TPSA) is 60.5 Å². The van der Waals surface area contributed by atoms with Crippen LogP contribution in [0.25, 0.3) is 11.1 Å². The lowest BCUT2D eigenvalue weighted by Crippen LogP contribution is -2.47. The number of hydrogen-bond donors (Lipinski definition) is 1. The molecule has 0 bridgehead atoms. The van der Waals surface area contributed by atoms with Crippen molar-refractivity contribution in [2.24, 2.45) is 5.41 Å². The van der Waals surface area contributed by atoms with Crippen LogP contribution >= 0.6 is 0 Å². The van der Waals surface area contributed by atoms with Crippen molar-refractivity contribution in [3.05, 3.63) is 54.1 Å². The highest BCUT2D eigenvalue weighted by molar-refractivity contribution is 5.83. The Labute approximate surface area is 158 Å². The number of benzene rings is 1. The van der Waals surface area contributed by atoms with Crippen LogP contribution in [0.4, 0.5) is 4.39 Å². The molecule has 2 heterocycles. The van der Waals surface area contributed by atoms with Gasteiger partial charge in [0.2, 0.25) is 5.91 Å². The first kappa shape index (κ1) is 19.5. The zero-order valence-electron chi connectivity index (χ0n) is 15.5. The van der Waals surface area contributed by atoms with E-state index in [2.05, 4.69) is 10.3 Å². The van der Waals surface area contributed by atoms with Crippen molar-refractivity contribution in [2.75, 3.05) is 33.5 Å². The predicted molar refractivity (Wildman–Crippen MR) is 101 cm³/mol.